The third kappa shape index (κ3) is 3.88. The molecule has 5 heteroatoms. The van der Waals surface area contributed by atoms with Gasteiger partial charge in [-0.15, -0.1) is 11.3 Å². The average Bonchev–Trinajstić information content (AvgIpc) is 2.95. The van der Waals surface area contributed by atoms with Gasteiger partial charge in [-0.25, -0.2) is 4.98 Å². The molecule has 0 atom stereocenters. The first-order chi connectivity index (χ1) is 9.72. The van der Waals surface area contributed by atoms with Gasteiger partial charge in [-0.1, -0.05) is 24.3 Å². The molecule has 1 aromatic heterocycles. The van der Waals surface area contributed by atoms with Crippen molar-refractivity contribution >= 4 is 17.3 Å². The Hall–Kier alpha value is -1.72. The van der Waals surface area contributed by atoms with Crippen LogP contribution in [-0.2, 0) is 27.3 Å². The van der Waals surface area contributed by atoms with E-state index in [1.807, 2.05) is 29.6 Å². The summed E-state index contributed by atoms with van der Waals surface area (Å²) in [4.78, 5) is 15.6. The van der Waals surface area contributed by atoms with E-state index in [9.17, 15) is 4.79 Å². The molecule has 0 spiro atoms. The van der Waals surface area contributed by atoms with Crippen LogP contribution in [0.1, 0.15) is 17.7 Å². The lowest BCUT2D eigenvalue weighted by Crippen LogP contribution is -2.01. The molecular weight excluding hydrogens is 274 g/mol. The van der Waals surface area contributed by atoms with E-state index in [4.69, 9.17) is 4.74 Å². The Morgan fingerprint density at radius 3 is 2.65 bits per heavy atom. The first kappa shape index (κ1) is 14.7. The predicted molar refractivity (Wildman–Crippen MR) is 78.6 cm³/mol. The summed E-state index contributed by atoms with van der Waals surface area (Å²) in [6.07, 6.45) is 0.984. The maximum Gasteiger partial charge on any atom is 0.305 e. The number of aryl methyl sites for hydroxylation is 1. The van der Waals surface area contributed by atoms with E-state index in [0.717, 1.165) is 21.8 Å². The molecule has 106 valence electrons. The minimum Gasteiger partial charge on any atom is -0.469 e. The number of carbonyl (C=O) groups excluding carboxylic acids is 1. The number of benzene rings is 1. The van der Waals surface area contributed by atoms with E-state index in [1.54, 1.807) is 18.4 Å². The fourth-order valence-corrected chi connectivity index (χ4v) is 2.66. The van der Waals surface area contributed by atoms with Gasteiger partial charge < -0.3 is 9.47 Å². The highest BCUT2D eigenvalue weighted by atomic mass is 32.1. The normalized spacial score (nSPS) is 10.5. The predicted octanol–water partition coefficient (Wildman–Crippen LogP) is 3.06. The van der Waals surface area contributed by atoms with E-state index in [2.05, 4.69) is 9.72 Å². The summed E-state index contributed by atoms with van der Waals surface area (Å²) >= 11 is 1.59. The van der Waals surface area contributed by atoms with Crippen LogP contribution in [0.2, 0.25) is 0 Å². The molecule has 2 aromatic rings. The molecule has 0 saturated heterocycles. The molecule has 1 aromatic carbocycles. The Labute approximate surface area is 122 Å². The zero-order valence-corrected chi connectivity index (χ0v) is 12.4. The lowest BCUT2D eigenvalue weighted by Gasteiger charge is -2.01. The molecule has 0 bridgehead atoms. The fourth-order valence-electron chi connectivity index (χ4n) is 1.80. The molecule has 0 aliphatic rings. The maximum atomic E-state index is 11.1. The van der Waals surface area contributed by atoms with Crippen molar-refractivity contribution in [2.75, 3.05) is 14.2 Å². The van der Waals surface area contributed by atoms with E-state index in [1.165, 1.54) is 7.11 Å². The number of nitrogens with zero attached hydrogens (tertiary/aromatic N) is 1. The monoisotopic (exact) mass is 291 g/mol. The molecule has 0 amide bonds. The van der Waals surface area contributed by atoms with Crippen molar-refractivity contribution in [2.24, 2.45) is 0 Å². The summed E-state index contributed by atoms with van der Waals surface area (Å²) in [5.41, 5.74) is 3.15. The molecule has 0 fully saturated rings. The number of esters is 1. The molecule has 0 aliphatic heterocycles. The van der Waals surface area contributed by atoms with Gasteiger partial charge in [0.05, 0.1) is 25.8 Å². The zero-order chi connectivity index (χ0) is 14.4. The van der Waals surface area contributed by atoms with Crippen LogP contribution in [0, 0.1) is 0 Å². The van der Waals surface area contributed by atoms with Crippen molar-refractivity contribution in [3.05, 3.63) is 40.9 Å². The summed E-state index contributed by atoms with van der Waals surface area (Å²) in [6, 6.07) is 8.15. The molecule has 0 aliphatic carbocycles. The van der Waals surface area contributed by atoms with Crippen molar-refractivity contribution in [3.8, 4) is 10.6 Å². The molecule has 2 rings (SSSR count). The van der Waals surface area contributed by atoms with Gasteiger partial charge in [0.25, 0.3) is 0 Å². The number of hydrogen-bond donors (Lipinski definition) is 0. The van der Waals surface area contributed by atoms with E-state index in [-0.39, 0.29) is 5.97 Å². The van der Waals surface area contributed by atoms with Crippen LogP contribution in [0.25, 0.3) is 10.6 Å². The lowest BCUT2D eigenvalue weighted by molar-refractivity contribution is -0.140. The Kier molecular flexibility index (Phi) is 5.26. The Morgan fingerprint density at radius 1 is 1.25 bits per heavy atom. The SMILES string of the molecule is COCc1ccc(-c2nc(CCC(=O)OC)cs2)cc1. The second-order valence-electron chi connectivity index (χ2n) is 4.35. The van der Waals surface area contributed by atoms with Crippen molar-refractivity contribution in [3.63, 3.8) is 0 Å². The third-order valence-electron chi connectivity index (χ3n) is 2.88. The summed E-state index contributed by atoms with van der Waals surface area (Å²) in [5.74, 6) is -0.205. The van der Waals surface area contributed by atoms with Crippen molar-refractivity contribution in [1.29, 1.82) is 0 Å². The highest BCUT2D eigenvalue weighted by Gasteiger charge is 2.07. The quantitative estimate of drug-likeness (QED) is 0.767. The van der Waals surface area contributed by atoms with Crippen LogP contribution in [0.4, 0.5) is 0 Å². The van der Waals surface area contributed by atoms with E-state index < -0.39 is 0 Å². The molecule has 1 heterocycles. The van der Waals surface area contributed by atoms with Crippen LogP contribution in [0.15, 0.2) is 29.6 Å². The number of thiazole rings is 1. The van der Waals surface area contributed by atoms with Crippen molar-refractivity contribution in [1.82, 2.24) is 4.98 Å². The van der Waals surface area contributed by atoms with Crippen LogP contribution >= 0.6 is 11.3 Å². The Morgan fingerprint density at radius 2 is 2.00 bits per heavy atom. The smallest absolute Gasteiger partial charge is 0.305 e. The van der Waals surface area contributed by atoms with Gasteiger partial charge in [-0.05, 0) is 5.56 Å². The molecule has 0 unspecified atom stereocenters. The van der Waals surface area contributed by atoms with Crippen LogP contribution in [0.3, 0.4) is 0 Å². The number of ether oxygens (including phenoxy) is 2. The minimum atomic E-state index is -0.205. The maximum absolute atomic E-state index is 11.1. The largest absolute Gasteiger partial charge is 0.469 e. The van der Waals surface area contributed by atoms with Crippen LogP contribution < -0.4 is 0 Å². The van der Waals surface area contributed by atoms with Gasteiger partial charge in [0.15, 0.2) is 0 Å². The van der Waals surface area contributed by atoms with Crippen molar-refractivity contribution in [2.45, 2.75) is 19.4 Å². The Bertz CT molecular complexity index is 563. The highest BCUT2D eigenvalue weighted by molar-refractivity contribution is 7.13. The van der Waals surface area contributed by atoms with Gasteiger partial charge in [0, 0.05) is 24.5 Å². The van der Waals surface area contributed by atoms with Gasteiger partial charge >= 0.3 is 5.97 Å². The number of aromatic nitrogens is 1. The minimum absolute atomic E-state index is 0.205. The van der Waals surface area contributed by atoms with E-state index >= 15 is 0 Å². The summed E-state index contributed by atoms with van der Waals surface area (Å²) in [7, 11) is 3.08. The lowest BCUT2D eigenvalue weighted by atomic mass is 10.1. The topological polar surface area (TPSA) is 48.4 Å². The molecule has 0 saturated carbocycles. The molecule has 0 N–H and O–H groups in total. The summed E-state index contributed by atoms with van der Waals surface area (Å²) in [5, 5.41) is 2.95. The molecular formula is C15H17NO3S. The summed E-state index contributed by atoms with van der Waals surface area (Å²) < 4.78 is 9.71. The number of hydrogen-bond acceptors (Lipinski definition) is 5. The van der Waals surface area contributed by atoms with E-state index in [0.29, 0.717) is 19.4 Å². The van der Waals surface area contributed by atoms with Crippen LogP contribution in [0.5, 0.6) is 0 Å². The fraction of sp³-hybridized carbons (Fsp3) is 0.333. The molecule has 20 heavy (non-hydrogen) atoms. The number of rotatable bonds is 6. The second kappa shape index (κ2) is 7.17. The average molecular weight is 291 g/mol. The molecule has 4 nitrogen and oxygen atoms in total. The molecule has 0 radical (unpaired) electrons. The van der Waals surface area contributed by atoms with Gasteiger partial charge in [-0.2, -0.15) is 0 Å². The summed E-state index contributed by atoms with van der Waals surface area (Å²) in [6.45, 7) is 0.614. The van der Waals surface area contributed by atoms with Crippen molar-refractivity contribution < 1.29 is 14.3 Å². The highest BCUT2D eigenvalue weighted by Crippen LogP contribution is 2.24. The first-order valence-corrected chi connectivity index (χ1v) is 7.20. The zero-order valence-electron chi connectivity index (χ0n) is 11.6. The van der Waals surface area contributed by atoms with Gasteiger partial charge in [0.1, 0.15) is 5.01 Å². The first-order valence-electron chi connectivity index (χ1n) is 6.32. The van der Waals surface area contributed by atoms with Crippen LogP contribution in [-0.4, -0.2) is 25.2 Å². The second-order valence-corrected chi connectivity index (χ2v) is 5.21. The standard InChI is InChI=1S/C15H17NO3S/c1-18-9-11-3-5-12(6-4-11)15-16-13(10-20-15)7-8-14(17)19-2/h3-6,10H,7-9H2,1-2H3. The number of carbonyl (C=O) groups is 1. The Balaban J connectivity index is 2.02. The van der Waals surface area contributed by atoms with Gasteiger partial charge in [-0.3, -0.25) is 4.79 Å². The third-order valence-corrected chi connectivity index (χ3v) is 3.82. The van der Waals surface area contributed by atoms with Gasteiger partial charge in [0.2, 0.25) is 0 Å². The number of methoxy groups -OCH3 is 2.